The van der Waals surface area contributed by atoms with E-state index in [4.69, 9.17) is 5.73 Å². The lowest BCUT2D eigenvalue weighted by atomic mass is 10.2. The van der Waals surface area contributed by atoms with Crippen LogP contribution in [0.3, 0.4) is 0 Å². The Hall–Kier alpha value is -1.58. The van der Waals surface area contributed by atoms with Crippen molar-refractivity contribution in [3.63, 3.8) is 0 Å². The van der Waals surface area contributed by atoms with Gasteiger partial charge < -0.3 is 11.1 Å². The minimum Gasteiger partial charge on any atom is -0.397 e. The molecule has 4 nitrogen and oxygen atoms in total. The predicted molar refractivity (Wildman–Crippen MR) is 58.3 cm³/mol. The zero-order chi connectivity index (χ0) is 11.1. The van der Waals surface area contributed by atoms with Gasteiger partial charge in [0.05, 0.1) is 11.9 Å². The summed E-state index contributed by atoms with van der Waals surface area (Å²) in [5, 5.41) is 2.94. The lowest BCUT2D eigenvalue weighted by Crippen LogP contribution is -2.29. The van der Waals surface area contributed by atoms with Crippen LogP contribution in [0.25, 0.3) is 0 Å². The van der Waals surface area contributed by atoms with Crippen molar-refractivity contribution >= 4 is 11.6 Å². The SMILES string of the molecule is CC1(C)CC1NC(=O)c1ccc(N)cn1. The number of anilines is 1. The maximum absolute atomic E-state index is 11.7. The van der Waals surface area contributed by atoms with E-state index in [-0.39, 0.29) is 17.4 Å². The van der Waals surface area contributed by atoms with Crippen LogP contribution in [0.1, 0.15) is 30.8 Å². The van der Waals surface area contributed by atoms with Crippen molar-refractivity contribution in [3.05, 3.63) is 24.0 Å². The first kappa shape index (κ1) is 9.96. The van der Waals surface area contributed by atoms with Gasteiger partial charge in [0.15, 0.2) is 0 Å². The van der Waals surface area contributed by atoms with Crippen molar-refractivity contribution in [2.24, 2.45) is 5.41 Å². The number of hydrogen-bond acceptors (Lipinski definition) is 3. The van der Waals surface area contributed by atoms with Crippen LogP contribution in [0.2, 0.25) is 0 Å². The van der Waals surface area contributed by atoms with Crippen LogP contribution in [0, 0.1) is 5.41 Å². The second-order valence-corrected chi connectivity index (χ2v) is 4.70. The summed E-state index contributed by atoms with van der Waals surface area (Å²) in [5.74, 6) is -0.120. The molecule has 1 saturated carbocycles. The summed E-state index contributed by atoms with van der Waals surface area (Å²) in [6.45, 7) is 4.27. The zero-order valence-corrected chi connectivity index (χ0v) is 8.95. The van der Waals surface area contributed by atoms with Gasteiger partial charge in [-0.25, -0.2) is 4.98 Å². The van der Waals surface area contributed by atoms with E-state index < -0.39 is 0 Å². The molecule has 0 saturated heterocycles. The highest BCUT2D eigenvalue weighted by molar-refractivity contribution is 5.92. The van der Waals surface area contributed by atoms with Gasteiger partial charge in [-0.05, 0) is 24.0 Å². The minimum absolute atomic E-state index is 0.120. The number of nitrogen functional groups attached to an aromatic ring is 1. The summed E-state index contributed by atoms with van der Waals surface area (Å²) in [7, 11) is 0. The molecular formula is C11H15N3O. The fourth-order valence-corrected chi connectivity index (χ4v) is 1.49. The number of pyridine rings is 1. The zero-order valence-electron chi connectivity index (χ0n) is 8.95. The smallest absolute Gasteiger partial charge is 0.270 e. The van der Waals surface area contributed by atoms with E-state index in [1.54, 1.807) is 12.1 Å². The maximum Gasteiger partial charge on any atom is 0.270 e. The molecule has 0 bridgehead atoms. The monoisotopic (exact) mass is 205 g/mol. The minimum atomic E-state index is -0.120. The average molecular weight is 205 g/mol. The van der Waals surface area contributed by atoms with Crippen LogP contribution in [0.5, 0.6) is 0 Å². The number of carbonyl (C=O) groups excluding carboxylic acids is 1. The lowest BCUT2D eigenvalue weighted by molar-refractivity contribution is 0.0941. The Bertz CT molecular complexity index is 383. The third kappa shape index (κ3) is 2.09. The van der Waals surface area contributed by atoms with Crippen molar-refractivity contribution in [1.82, 2.24) is 10.3 Å². The van der Waals surface area contributed by atoms with Gasteiger partial charge in [0, 0.05) is 6.04 Å². The number of hydrogen-bond donors (Lipinski definition) is 2. The number of amides is 1. The lowest BCUT2D eigenvalue weighted by Gasteiger charge is -2.06. The molecular weight excluding hydrogens is 190 g/mol. The fraction of sp³-hybridized carbons (Fsp3) is 0.455. The van der Waals surface area contributed by atoms with E-state index in [0.29, 0.717) is 11.4 Å². The van der Waals surface area contributed by atoms with Crippen LogP contribution in [-0.4, -0.2) is 16.9 Å². The fourth-order valence-electron chi connectivity index (χ4n) is 1.49. The highest BCUT2D eigenvalue weighted by Gasteiger charge is 2.46. The first-order valence-electron chi connectivity index (χ1n) is 5.01. The molecule has 1 aromatic rings. The van der Waals surface area contributed by atoms with E-state index in [1.165, 1.54) is 6.20 Å². The second kappa shape index (κ2) is 3.22. The van der Waals surface area contributed by atoms with E-state index in [9.17, 15) is 4.79 Å². The van der Waals surface area contributed by atoms with Crippen LogP contribution < -0.4 is 11.1 Å². The summed E-state index contributed by atoms with van der Waals surface area (Å²) in [4.78, 5) is 15.6. The van der Waals surface area contributed by atoms with Gasteiger partial charge in [-0.15, -0.1) is 0 Å². The molecule has 15 heavy (non-hydrogen) atoms. The average Bonchev–Trinajstić information content (AvgIpc) is 2.74. The Kier molecular flexibility index (Phi) is 2.14. The third-order valence-electron chi connectivity index (χ3n) is 2.84. The molecule has 1 aliphatic rings. The van der Waals surface area contributed by atoms with Gasteiger partial charge in [-0.2, -0.15) is 0 Å². The molecule has 1 aliphatic carbocycles. The van der Waals surface area contributed by atoms with Crippen molar-refractivity contribution in [1.29, 1.82) is 0 Å². The number of rotatable bonds is 2. The Labute approximate surface area is 88.9 Å². The van der Waals surface area contributed by atoms with Gasteiger partial charge in [-0.1, -0.05) is 13.8 Å². The molecule has 0 radical (unpaired) electrons. The van der Waals surface area contributed by atoms with E-state index in [1.807, 2.05) is 0 Å². The molecule has 4 heteroatoms. The van der Waals surface area contributed by atoms with Gasteiger partial charge in [0.25, 0.3) is 5.91 Å². The van der Waals surface area contributed by atoms with E-state index >= 15 is 0 Å². The summed E-state index contributed by atoms with van der Waals surface area (Å²) in [6.07, 6.45) is 2.53. The van der Waals surface area contributed by atoms with E-state index in [0.717, 1.165) is 6.42 Å². The van der Waals surface area contributed by atoms with Crippen LogP contribution in [0.15, 0.2) is 18.3 Å². The van der Waals surface area contributed by atoms with Crippen LogP contribution in [0.4, 0.5) is 5.69 Å². The molecule has 1 amide bonds. The maximum atomic E-state index is 11.7. The summed E-state index contributed by atoms with van der Waals surface area (Å²) in [6, 6.07) is 3.60. The number of nitrogens with one attached hydrogen (secondary N) is 1. The highest BCUT2D eigenvalue weighted by atomic mass is 16.2. The molecule has 1 atom stereocenters. The predicted octanol–water partition coefficient (Wildman–Crippen LogP) is 1.19. The molecule has 0 aliphatic heterocycles. The highest BCUT2D eigenvalue weighted by Crippen LogP contribution is 2.44. The summed E-state index contributed by atoms with van der Waals surface area (Å²) in [5.41, 5.74) is 6.72. The van der Waals surface area contributed by atoms with Crippen molar-refractivity contribution in [3.8, 4) is 0 Å². The van der Waals surface area contributed by atoms with Crippen molar-refractivity contribution in [2.75, 3.05) is 5.73 Å². The Balaban J connectivity index is 2.00. The van der Waals surface area contributed by atoms with Crippen molar-refractivity contribution in [2.45, 2.75) is 26.3 Å². The first-order valence-corrected chi connectivity index (χ1v) is 5.01. The molecule has 0 aromatic carbocycles. The quantitative estimate of drug-likeness (QED) is 0.762. The summed E-state index contributed by atoms with van der Waals surface area (Å²) >= 11 is 0. The number of aromatic nitrogens is 1. The normalized spacial score (nSPS) is 22.1. The van der Waals surface area contributed by atoms with Crippen LogP contribution >= 0.6 is 0 Å². The Morgan fingerprint density at radius 3 is 2.73 bits per heavy atom. The molecule has 1 heterocycles. The summed E-state index contributed by atoms with van der Waals surface area (Å²) < 4.78 is 0. The number of nitrogens with zero attached hydrogens (tertiary/aromatic N) is 1. The number of carbonyl (C=O) groups is 1. The molecule has 1 aromatic heterocycles. The first-order chi connectivity index (χ1) is 6.99. The Morgan fingerprint density at radius 2 is 2.27 bits per heavy atom. The molecule has 80 valence electrons. The van der Waals surface area contributed by atoms with Gasteiger partial charge in [-0.3, -0.25) is 4.79 Å². The largest absolute Gasteiger partial charge is 0.397 e. The van der Waals surface area contributed by atoms with Crippen molar-refractivity contribution < 1.29 is 4.79 Å². The second-order valence-electron chi connectivity index (χ2n) is 4.70. The van der Waals surface area contributed by atoms with Crippen LogP contribution in [-0.2, 0) is 0 Å². The third-order valence-corrected chi connectivity index (χ3v) is 2.84. The Morgan fingerprint density at radius 1 is 1.60 bits per heavy atom. The van der Waals surface area contributed by atoms with Gasteiger partial charge in [0.1, 0.15) is 5.69 Å². The van der Waals surface area contributed by atoms with E-state index in [2.05, 4.69) is 24.1 Å². The van der Waals surface area contributed by atoms with Gasteiger partial charge >= 0.3 is 0 Å². The number of nitrogens with two attached hydrogens (primary N) is 1. The molecule has 1 fully saturated rings. The van der Waals surface area contributed by atoms with Gasteiger partial charge in [0.2, 0.25) is 0 Å². The molecule has 2 rings (SSSR count). The molecule has 1 unspecified atom stereocenters. The standard InChI is InChI=1S/C11H15N3O/c1-11(2)5-9(11)14-10(15)8-4-3-7(12)6-13-8/h3-4,6,9H,5,12H2,1-2H3,(H,14,15). The molecule has 3 N–H and O–H groups in total. The molecule has 0 spiro atoms. The topological polar surface area (TPSA) is 68.0 Å².